The number of hydrogen-bond acceptors (Lipinski definition) is 5. The quantitative estimate of drug-likeness (QED) is 0.771. The highest BCUT2D eigenvalue weighted by Gasteiger charge is 2.18. The van der Waals surface area contributed by atoms with E-state index in [0.717, 1.165) is 6.42 Å². The third kappa shape index (κ3) is 6.00. The van der Waals surface area contributed by atoms with Gasteiger partial charge in [0.2, 0.25) is 0 Å². The average molecular weight is 353 g/mol. The minimum Gasteiger partial charge on any atom is -0.453 e. The molecule has 2 heterocycles. The van der Waals surface area contributed by atoms with Gasteiger partial charge in [-0.1, -0.05) is 17.7 Å². The largest absolute Gasteiger partial charge is 0.453 e. The molecule has 7 heteroatoms. The van der Waals surface area contributed by atoms with Gasteiger partial charge in [0.1, 0.15) is 5.82 Å². The molecule has 0 radical (unpaired) electrons. The van der Waals surface area contributed by atoms with Crippen molar-refractivity contribution in [3.05, 3.63) is 45.7 Å². The van der Waals surface area contributed by atoms with Gasteiger partial charge in [0.25, 0.3) is 5.91 Å². The molecule has 0 saturated carbocycles. The number of thiophene rings is 1. The van der Waals surface area contributed by atoms with Crippen molar-refractivity contribution in [3.8, 4) is 0 Å². The number of esters is 1. The SMILES string of the molecule is C[C@@H](OC(=O)CCCc1cccs1)C(=O)Nc1ccc(Cl)cn1. The standard InChI is InChI=1S/C16H17ClN2O3S/c1-11(16(21)19-14-8-7-12(17)10-18-14)22-15(20)6-2-4-13-5-3-9-23-13/h3,5,7-11H,2,4,6H2,1H3,(H,18,19,21)/t11-/m1/s1. The Bertz CT molecular complexity index is 644. The molecule has 122 valence electrons. The summed E-state index contributed by atoms with van der Waals surface area (Å²) in [7, 11) is 0. The number of aromatic nitrogens is 1. The van der Waals surface area contributed by atoms with Crippen molar-refractivity contribution in [1.29, 1.82) is 0 Å². The first-order valence-electron chi connectivity index (χ1n) is 7.19. The summed E-state index contributed by atoms with van der Waals surface area (Å²) < 4.78 is 5.13. The zero-order valence-electron chi connectivity index (χ0n) is 12.6. The fourth-order valence-electron chi connectivity index (χ4n) is 1.85. The number of rotatable bonds is 7. The molecule has 2 rings (SSSR count). The summed E-state index contributed by atoms with van der Waals surface area (Å²) in [5, 5.41) is 5.05. The maximum Gasteiger partial charge on any atom is 0.306 e. The predicted octanol–water partition coefficient (Wildman–Crippen LogP) is 3.69. The normalized spacial score (nSPS) is 11.7. The molecule has 1 amide bonds. The Morgan fingerprint density at radius 2 is 2.22 bits per heavy atom. The third-order valence-electron chi connectivity index (χ3n) is 3.04. The van der Waals surface area contributed by atoms with E-state index < -0.39 is 12.0 Å². The Morgan fingerprint density at radius 1 is 1.39 bits per heavy atom. The molecule has 0 unspecified atom stereocenters. The molecule has 23 heavy (non-hydrogen) atoms. The lowest BCUT2D eigenvalue weighted by Gasteiger charge is -2.13. The molecule has 0 fully saturated rings. The molecule has 0 aliphatic carbocycles. The fraction of sp³-hybridized carbons (Fsp3) is 0.312. The van der Waals surface area contributed by atoms with Crippen LogP contribution in [0.1, 0.15) is 24.6 Å². The second-order valence-corrected chi connectivity index (χ2v) is 6.38. The van der Waals surface area contributed by atoms with E-state index >= 15 is 0 Å². The number of halogens is 1. The predicted molar refractivity (Wildman–Crippen MR) is 90.7 cm³/mol. The fourth-order valence-corrected chi connectivity index (χ4v) is 2.71. The molecule has 0 spiro atoms. The first-order valence-corrected chi connectivity index (χ1v) is 8.44. The molecular weight excluding hydrogens is 336 g/mol. The van der Waals surface area contributed by atoms with Gasteiger partial charge >= 0.3 is 5.97 Å². The number of nitrogens with zero attached hydrogens (tertiary/aromatic N) is 1. The number of amides is 1. The molecule has 1 atom stereocenters. The lowest BCUT2D eigenvalue weighted by Crippen LogP contribution is -2.30. The van der Waals surface area contributed by atoms with Crippen molar-refractivity contribution in [2.75, 3.05) is 5.32 Å². The van der Waals surface area contributed by atoms with Crippen molar-refractivity contribution in [1.82, 2.24) is 4.98 Å². The Labute approximate surface area is 143 Å². The number of pyridine rings is 1. The zero-order chi connectivity index (χ0) is 16.7. The highest BCUT2D eigenvalue weighted by molar-refractivity contribution is 7.09. The molecule has 0 aliphatic heterocycles. The van der Waals surface area contributed by atoms with Gasteiger partial charge in [0.05, 0.1) is 5.02 Å². The van der Waals surface area contributed by atoms with Crippen molar-refractivity contribution in [2.24, 2.45) is 0 Å². The van der Waals surface area contributed by atoms with E-state index in [9.17, 15) is 9.59 Å². The molecule has 1 N–H and O–H groups in total. The van der Waals surface area contributed by atoms with E-state index in [-0.39, 0.29) is 12.4 Å². The van der Waals surface area contributed by atoms with E-state index in [0.29, 0.717) is 17.3 Å². The van der Waals surface area contributed by atoms with Gasteiger partial charge in [-0.05, 0) is 43.3 Å². The monoisotopic (exact) mass is 352 g/mol. The van der Waals surface area contributed by atoms with Gasteiger partial charge in [-0.3, -0.25) is 9.59 Å². The summed E-state index contributed by atoms with van der Waals surface area (Å²) in [6, 6.07) is 7.21. The van der Waals surface area contributed by atoms with Crippen LogP contribution in [0.15, 0.2) is 35.8 Å². The number of carbonyl (C=O) groups is 2. The van der Waals surface area contributed by atoms with Crippen molar-refractivity contribution >= 4 is 40.6 Å². The number of anilines is 1. The van der Waals surface area contributed by atoms with Crippen molar-refractivity contribution in [3.63, 3.8) is 0 Å². The van der Waals surface area contributed by atoms with Crippen LogP contribution in [0.4, 0.5) is 5.82 Å². The van der Waals surface area contributed by atoms with Gasteiger partial charge in [-0.25, -0.2) is 4.98 Å². The average Bonchev–Trinajstić information content (AvgIpc) is 3.02. The van der Waals surface area contributed by atoms with Crippen LogP contribution in [0.2, 0.25) is 5.02 Å². The smallest absolute Gasteiger partial charge is 0.306 e. The Kier molecular flexibility index (Phi) is 6.55. The second kappa shape index (κ2) is 8.64. The van der Waals surface area contributed by atoms with E-state index in [1.54, 1.807) is 23.5 Å². The van der Waals surface area contributed by atoms with E-state index in [4.69, 9.17) is 16.3 Å². The van der Waals surface area contributed by atoms with Gasteiger partial charge in [-0.15, -0.1) is 11.3 Å². The summed E-state index contributed by atoms with van der Waals surface area (Å²) >= 11 is 7.38. The molecule has 0 aromatic carbocycles. The van der Waals surface area contributed by atoms with Crippen LogP contribution in [0.5, 0.6) is 0 Å². The van der Waals surface area contributed by atoms with Crippen LogP contribution >= 0.6 is 22.9 Å². The van der Waals surface area contributed by atoms with Gasteiger partial charge in [-0.2, -0.15) is 0 Å². The Hall–Kier alpha value is -1.92. The molecule has 5 nitrogen and oxygen atoms in total. The van der Waals surface area contributed by atoms with Gasteiger partial charge in [0, 0.05) is 17.5 Å². The van der Waals surface area contributed by atoms with Crippen LogP contribution in [0.25, 0.3) is 0 Å². The van der Waals surface area contributed by atoms with Crippen molar-refractivity contribution < 1.29 is 14.3 Å². The molecule has 2 aromatic heterocycles. The van der Waals surface area contributed by atoms with Crippen LogP contribution in [-0.2, 0) is 20.7 Å². The lowest BCUT2D eigenvalue weighted by molar-refractivity contribution is -0.153. The maximum atomic E-state index is 11.9. The van der Waals surface area contributed by atoms with E-state index in [1.807, 2.05) is 17.5 Å². The first-order chi connectivity index (χ1) is 11.0. The van der Waals surface area contributed by atoms with Gasteiger partial charge < -0.3 is 10.1 Å². The van der Waals surface area contributed by atoms with E-state index in [2.05, 4.69) is 10.3 Å². The Balaban J connectivity index is 1.71. The zero-order valence-corrected chi connectivity index (χ0v) is 14.2. The Morgan fingerprint density at radius 3 is 2.87 bits per heavy atom. The number of nitrogens with one attached hydrogen (secondary N) is 1. The van der Waals surface area contributed by atoms with Crippen LogP contribution < -0.4 is 5.32 Å². The maximum absolute atomic E-state index is 11.9. The number of hydrogen-bond donors (Lipinski definition) is 1. The molecule has 2 aromatic rings. The minimum absolute atomic E-state index is 0.286. The summed E-state index contributed by atoms with van der Waals surface area (Å²) in [6.07, 6.45) is 2.38. The molecule has 0 aliphatic rings. The number of carbonyl (C=O) groups excluding carboxylic acids is 2. The van der Waals surface area contributed by atoms with Crippen molar-refractivity contribution in [2.45, 2.75) is 32.3 Å². The summed E-state index contributed by atoms with van der Waals surface area (Å²) in [5.41, 5.74) is 0. The number of aryl methyl sites for hydroxylation is 1. The molecule has 0 bridgehead atoms. The first kappa shape index (κ1) is 17.4. The highest BCUT2D eigenvalue weighted by atomic mass is 35.5. The highest BCUT2D eigenvalue weighted by Crippen LogP contribution is 2.13. The molecule has 0 saturated heterocycles. The van der Waals surface area contributed by atoms with Crippen LogP contribution in [0, 0.1) is 0 Å². The summed E-state index contributed by atoms with van der Waals surface area (Å²) in [5.74, 6) is -0.445. The van der Waals surface area contributed by atoms with Crippen LogP contribution in [0.3, 0.4) is 0 Å². The summed E-state index contributed by atoms with van der Waals surface area (Å²) in [6.45, 7) is 1.53. The van der Waals surface area contributed by atoms with E-state index in [1.165, 1.54) is 18.0 Å². The topological polar surface area (TPSA) is 68.3 Å². The minimum atomic E-state index is -0.873. The second-order valence-electron chi connectivity index (χ2n) is 4.92. The molecular formula is C16H17ClN2O3S. The van der Waals surface area contributed by atoms with Crippen LogP contribution in [-0.4, -0.2) is 23.0 Å². The summed E-state index contributed by atoms with van der Waals surface area (Å²) in [4.78, 5) is 28.9. The lowest BCUT2D eigenvalue weighted by atomic mass is 10.2. The van der Waals surface area contributed by atoms with Gasteiger partial charge in [0.15, 0.2) is 6.10 Å². The number of ether oxygens (including phenoxy) is 1. The third-order valence-corrected chi connectivity index (χ3v) is 4.20.